The second kappa shape index (κ2) is 6.00. The first-order valence-corrected chi connectivity index (χ1v) is 6.94. The van der Waals surface area contributed by atoms with Crippen LogP contribution in [0.5, 0.6) is 0 Å². The van der Waals surface area contributed by atoms with Crippen LogP contribution in [-0.4, -0.2) is 20.7 Å². The Morgan fingerprint density at radius 3 is 2.55 bits per heavy atom. The van der Waals surface area contributed by atoms with Crippen molar-refractivity contribution in [1.29, 1.82) is 0 Å². The molecule has 1 heterocycles. The number of nitrogens with zero attached hydrogens (tertiary/aromatic N) is 2. The molecule has 0 unspecified atom stereocenters. The quantitative estimate of drug-likeness (QED) is 0.851. The van der Waals surface area contributed by atoms with E-state index < -0.39 is 0 Å². The van der Waals surface area contributed by atoms with Gasteiger partial charge in [0.05, 0.1) is 6.04 Å². The number of hydrogen-bond donors (Lipinski definition) is 2. The molecule has 2 aromatic rings. The van der Waals surface area contributed by atoms with Crippen LogP contribution in [0.4, 0.5) is 0 Å². The van der Waals surface area contributed by atoms with Gasteiger partial charge in [-0.15, -0.1) is 0 Å². The molecule has 0 saturated carbocycles. The highest BCUT2D eigenvalue weighted by Crippen LogP contribution is 2.16. The van der Waals surface area contributed by atoms with Gasteiger partial charge in [0, 0.05) is 11.6 Å². The third kappa shape index (κ3) is 2.96. The number of aromatic nitrogens is 3. The zero-order chi connectivity index (χ0) is 14.7. The highest BCUT2D eigenvalue weighted by Gasteiger charge is 2.18. The Morgan fingerprint density at radius 2 is 1.95 bits per heavy atom. The van der Waals surface area contributed by atoms with Crippen molar-refractivity contribution in [2.24, 2.45) is 0 Å². The lowest BCUT2D eigenvalue weighted by atomic mass is 10.2. The van der Waals surface area contributed by atoms with Crippen molar-refractivity contribution in [3.05, 3.63) is 46.5 Å². The Kier molecular flexibility index (Phi) is 4.34. The maximum Gasteiger partial charge on any atom is 0.251 e. The number of amides is 1. The van der Waals surface area contributed by atoms with E-state index in [-0.39, 0.29) is 18.0 Å². The molecule has 0 saturated heterocycles. The van der Waals surface area contributed by atoms with Crippen molar-refractivity contribution in [3.8, 4) is 0 Å². The molecule has 0 aliphatic heterocycles. The Balaban J connectivity index is 2.19. The fraction of sp³-hybridized carbons (Fsp3) is 0.357. The number of H-pyrrole nitrogens is 1. The molecular weight excluding hydrogens is 272 g/mol. The van der Waals surface area contributed by atoms with E-state index in [2.05, 4.69) is 15.5 Å². The second-order valence-electron chi connectivity index (χ2n) is 4.91. The van der Waals surface area contributed by atoms with Crippen molar-refractivity contribution in [3.63, 3.8) is 0 Å². The summed E-state index contributed by atoms with van der Waals surface area (Å²) in [7, 11) is 0. The first-order valence-electron chi connectivity index (χ1n) is 6.53. The van der Waals surface area contributed by atoms with Crippen LogP contribution in [0.3, 0.4) is 0 Å². The summed E-state index contributed by atoms with van der Waals surface area (Å²) < 4.78 is 2.47. The summed E-state index contributed by atoms with van der Waals surface area (Å²) in [5.74, 6) is 0.608. The zero-order valence-corrected chi connectivity index (χ0v) is 12.6. The van der Waals surface area contributed by atoms with E-state index in [9.17, 15) is 4.79 Å². The monoisotopic (exact) mass is 290 g/mol. The number of rotatable bonds is 4. The summed E-state index contributed by atoms with van der Waals surface area (Å²) in [6.07, 6.45) is 0. The number of carbonyl (C=O) groups is 1. The van der Waals surface area contributed by atoms with Gasteiger partial charge in [0.1, 0.15) is 0 Å². The van der Waals surface area contributed by atoms with Crippen molar-refractivity contribution in [2.45, 2.75) is 32.9 Å². The number of benzene rings is 1. The van der Waals surface area contributed by atoms with Crippen LogP contribution in [0.2, 0.25) is 0 Å². The molecule has 1 aromatic carbocycles. The standard InChI is InChI=1S/C14H18N4OS/c1-9(2)18-12(16-17-14(18)20)10(3)15-13(19)11-7-5-4-6-8-11/h4-10H,1-3H3,(H,15,19)(H,17,20)/t10-/m0/s1. The molecule has 0 spiro atoms. The highest BCUT2D eigenvalue weighted by molar-refractivity contribution is 7.71. The molecule has 1 atom stereocenters. The second-order valence-corrected chi connectivity index (χ2v) is 5.30. The Morgan fingerprint density at radius 1 is 1.30 bits per heavy atom. The van der Waals surface area contributed by atoms with E-state index in [0.29, 0.717) is 10.3 Å². The van der Waals surface area contributed by atoms with E-state index in [1.54, 1.807) is 12.1 Å². The fourth-order valence-electron chi connectivity index (χ4n) is 2.06. The average molecular weight is 290 g/mol. The lowest BCUT2D eigenvalue weighted by Crippen LogP contribution is -2.29. The van der Waals surface area contributed by atoms with Gasteiger partial charge in [-0.1, -0.05) is 18.2 Å². The maximum absolute atomic E-state index is 12.1. The van der Waals surface area contributed by atoms with Crippen LogP contribution >= 0.6 is 12.2 Å². The van der Waals surface area contributed by atoms with Crippen LogP contribution in [-0.2, 0) is 0 Å². The Bertz CT molecular complexity index is 645. The Labute approximate surface area is 123 Å². The zero-order valence-electron chi connectivity index (χ0n) is 11.8. The molecule has 0 fully saturated rings. The molecule has 106 valence electrons. The van der Waals surface area contributed by atoms with Gasteiger partial charge in [0.25, 0.3) is 5.91 Å². The molecule has 1 amide bonds. The van der Waals surface area contributed by atoms with Gasteiger partial charge >= 0.3 is 0 Å². The first-order chi connectivity index (χ1) is 9.50. The van der Waals surface area contributed by atoms with Gasteiger partial charge < -0.3 is 5.32 Å². The lowest BCUT2D eigenvalue weighted by molar-refractivity contribution is 0.0937. The van der Waals surface area contributed by atoms with Gasteiger partial charge in [-0.25, -0.2) is 0 Å². The van der Waals surface area contributed by atoms with Crippen molar-refractivity contribution < 1.29 is 4.79 Å². The van der Waals surface area contributed by atoms with Crippen LogP contribution in [0.25, 0.3) is 0 Å². The molecule has 0 aliphatic carbocycles. The molecule has 0 aliphatic rings. The molecule has 5 nitrogen and oxygen atoms in total. The SMILES string of the molecule is CC(C)n1c([C@H](C)NC(=O)c2ccccc2)n[nH]c1=S. The van der Waals surface area contributed by atoms with E-state index in [4.69, 9.17) is 12.2 Å². The minimum atomic E-state index is -0.224. The predicted octanol–water partition coefficient (Wildman–Crippen LogP) is 3.01. The Hall–Kier alpha value is -1.95. The molecular formula is C14H18N4OS. The number of carbonyl (C=O) groups excluding carboxylic acids is 1. The molecule has 2 N–H and O–H groups in total. The summed E-state index contributed by atoms with van der Waals surface area (Å²) in [4.78, 5) is 12.1. The number of hydrogen-bond acceptors (Lipinski definition) is 3. The third-order valence-corrected chi connectivity index (χ3v) is 3.31. The summed E-state index contributed by atoms with van der Waals surface area (Å²) in [5, 5.41) is 9.92. The molecule has 20 heavy (non-hydrogen) atoms. The summed E-state index contributed by atoms with van der Waals surface area (Å²) in [6.45, 7) is 5.95. The van der Waals surface area contributed by atoms with Gasteiger partial charge in [0.15, 0.2) is 10.6 Å². The average Bonchev–Trinajstić information content (AvgIpc) is 2.81. The lowest BCUT2D eigenvalue weighted by Gasteiger charge is -2.17. The largest absolute Gasteiger partial charge is 0.342 e. The van der Waals surface area contributed by atoms with Gasteiger partial charge in [-0.05, 0) is 45.1 Å². The highest BCUT2D eigenvalue weighted by atomic mass is 32.1. The van der Waals surface area contributed by atoms with Gasteiger partial charge in [-0.2, -0.15) is 5.10 Å². The van der Waals surface area contributed by atoms with Crippen LogP contribution in [0, 0.1) is 4.77 Å². The van der Waals surface area contributed by atoms with Gasteiger partial charge in [0.2, 0.25) is 0 Å². The summed E-state index contributed by atoms with van der Waals surface area (Å²) in [5.41, 5.74) is 0.629. The summed E-state index contributed by atoms with van der Waals surface area (Å²) >= 11 is 5.21. The van der Waals surface area contributed by atoms with E-state index in [0.717, 1.165) is 5.82 Å². The van der Waals surface area contributed by atoms with Crippen molar-refractivity contribution >= 4 is 18.1 Å². The molecule has 2 rings (SSSR count). The first kappa shape index (κ1) is 14.5. The maximum atomic E-state index is 12.1. The molecule has 0 radical (unpaired) electrons. The van der Waals surface area contributed by atoms with E-state index in [1.165, 1.54) is 0 Å². The molecule has 1 aromatic heterocycles. The molecule has 0 bridgehead atoms. The predicted molar refractivity (Wildman–Crippen MR) is 80.1 cm³/mol. The minimum Gasteiger partial charge on any atom is -0.342 e. The normalized spacial score (nSPS) is 12.4. The van der Waals surface area contributed by atoms with Crippen molar-refractivity contribution in [1.82, 2.24) is 20.1 Å². The van der Waals surface area contributed by atoms with Crippen LogP contribution in [0.15, 0.2) is 30.3 Å². The smallest absolute Gasteiger partial charge is 0.251 e. The third-order valence-electron chi connectivity index (χ3n) is 3.02. The minimum absolute atomic E-state index is 0.123. The summed E-state index contributed by atoms with van der Waals surface area (Å²) in [6, 6.07) is 9.08. The fourth-order valence-corrected chi connectivity index (χ4v) is 2.41. The van der Waals surface area contributed by atoms with E-state index >= 15 is 0 Å². The number of nitrogens with one attached hydrogen (secondary N) is 2. The van der Waals surface area contributed by atoms with Gasteiger partial charge in [-0.3, -0.25) is 14.5 Å². The van der Waals surface area contributed by atoms with E-state index in [1.807, 2.05) is 43.5 Å². The van der Waals surface area contributed by atoms with Crippen LogP contribution < -0.4 is 5.32 Å². The topological polar surface area (TPSA) is 62.7 Å². The molecule has 6 heteroatoms. The van der Waals surface area contributed by atoms with Crippen molar-refractivity contribution in [2.75, 3.05) is 0 Å². The number of aromatic amines is 1. The van der Waals surface area contributed by atoms with Crippen LogP contribution in [0.1, 0.15) is 49.0 Å².